The number of nitrogens with zero attached hydrogens (tertiary/aromatic N) is 3. The maximum absolute atomic E-state index is 5.89. The van der Waals surface area contributed by atoms with Gasteiger partial charge in [0.1, 0.15) is 11.0 Å². The zero-order chi connectivity index (χ0) is 10.5. The highest BCUT2D eigenvalue weighted by Crippen LogP contribution is 2.41. The van der Waals surface area contributed by atoms with Crippen LogP contribution in [0, 0.1) is 0 Å². The molecule has 8 heteroatoms. The number of aromatic nitrogens is 3. The van der Waals surface area contributed by atoms with Crippen LogP contribution in [0.2, 0.25) is 20.1 Å². The third-order valence-corrected chi connectivity index (χ3v) is 3.64. The van der Waals surface area contributed by atoms with Crippen molar-refractivity contribution in [3.63, 3.8) is 0 Å². The summed E-state index contributed by atoms with van der Waals surface area (Å²) in [6.45, 7) is 0. The molecule has 0 radical (unpaired) electrons. The minimum absolute atomic E-state index is 0.134. The molecule has 14 heavy (non-hydrogen) atoms. The molecule has 0 spiro atoms. The highest BCUT2D eigenvalue weighted by molar-refractivity contribution is 6.55. The molecule has 0 aliphatic heterocycles. The Hall–Kier alpha value is 0.0700. The summed E-state index contributed by atoms with van der Waals surface area (Å²) in [5.41, 5.74) is 0.661. The molecule has 0 N–H and O–H groups in total. The van der Waals surface area contributed by atoms with Gasteiger partial charge < -0.3 is 0 Å². The van der Waals surface area contributed by atoms with E-state index in [0.717, 1.165) is 4.20 Å². The van der Waals surface area contributed by atoms with Gasteiger partial charge in [0.2, 0.25) is 0 Å². The first-order chi connectivity index (χ1) is 6.54. The van der Waals surface area contributed by atoms with Gasteiger partial charge in [0.15, 0.2) is 0 Å². The molecule has 2 aromatic rings. The van der Waals surface area contributed by atoms with Gasteiger partial charge in [-0.1, -0.05) is 46.4 Å². The van der Waals surface area contributed by atoms with E-state index in [4.69, 9.17) is 58.2 Å². The molecular weight excluding hydrogens is 291 g/mol. The molecule has 2 rings (SSSR count). The maximum atomic E-state index is 5.89. The fraction of sp³-hybridized carbons (Fsp3) is 0. The molecule has 0 amide bonds. The van der Waals surface area contributed by atoms with Gasteiger partial charge in [0, 0.05) is 11.8 Å². The summed E-state index contributed by atoms with van der Waals surface area (Å²) in [5.74, 6) is 0. The maximum Gasteiger partial charge on any atom is 0.136 e. The number of benzene rings is 1. The third kappa shape index (κ3) is 1.35. The van der Waals surface area contributed by atoms with E-state index in [1.807, 2.05) is 0 Å². The van der Waals surface area contributed by atoms with Crippen LogP contribution >= 0.6 is 58.2 Å². The van der Waals surface area contributed by atoms with Crippen LogP contribution in [-0.4, -0.2) is 14.5 Å². The Morgan fingerprint density at radius 2 is 1.43 bits per heavy atom. The highest BCUT2D eigenvalue weighted by Gasteiger charge is 2.19. The second-order valence-electron chi connectivity index (χ2n) is 2.40. The van der Waals surface area contributed by atoms with Crippen molar-refractivity contribution in [1.29, 1.82) is 0 Å². The monoisotopic (exact) mass is 289 g/mol. The standard InChI is InChI=1S/C6Cl5N3/c7-1-2(8)4(10)6-5(3(1)9)12-13-14(6)11. The zero-order valence-corrected chi connectivity index (χ0v) is 10.0. The largest absolute Gasteiger partial charge is 0.150 e. The molecule has 0 fully saturated rings. The second-order valence-corrected chi connectivity index (χ2v) is 4.23. The predicted octanol–water partition coefficient (Wildman–Crippen LogP) is 4.05. The van der Waals surface area contributed by atoms with E-state index in [-0.39, 0.29) is 20.1 Å². The van der Waals surface area contributed by atoms with Crippen molar-refractivity contribution in [2.45, 2.75) is 0 Å². The predicted molar refractivity (Wildman–Crippen MR) is 58.8 cm³/mol. The van der Waals surface area contributed by atoms with Gasteiger partial charge >= 0.3 is 0 Å². The van der Waals surface area contributed by atoms with E-state index in [9.17, 15) is 0 Å². The Morgan fingerprint density at radius 3 is 2.07 bits per heavy atom. The lowest BCUT2D eigenvalue weighted by Crippen LogP contribution is -1.84. The van der Waals surface area contributed by atoms with E-state index in [1.54, 1.807) is 0 Å². The molecule has 1 aromatic heterocycles. The summed E-state index contributed by atoms with van der Waals surface area (Å²) in [6, 6.07) is 0. The SMILES string of the molecule is Clc1c(Cl)c(Cl)c2c(nnn2Cl)c1Cl. The van der Waals surface area contributed by atoms with Crippen LogP contribution in [0.5, 0.6) is 0 Å². The fourth-order valence-corrected chi connectivity index (χ4v) is 2.19. The Labute approximate surface area is 104 Å². The molecule has 0 aliphatic carbocycles. The first-order valence-electron chi connectivity index (χ1n) is 3.27. The molecule has 0 atom stereocenters. The number of halogens is 5. The van der Waals surface area contributed by atoms with Crippen molar-refractivity contribution in [1.82, 2.24) is 14.5 Å². The lowest BCUT2D eigenvalue weighted by Gasteiger charge is -2.02. The van der Waals surface area contributed by atoms with Crippen molar-refractivity contribution >= 4 is 69.2 Å². The van der Waals surface area contributed by atoms with Crippen molar-refractivity contribution in [3.8, 4) is 0 Å². The van der Waals surface area contributed by atoms with Crippen LogP contribution in [0.3, 0.4) is 0 Å². The van der Waals surface area contributed by atoms with Gasteiger partial charge in [-0.2, -0.15) is 0 Å². The van der Waals surface area contributed by atoms with Gasteiger partial charge in [-0.3, -0.25) is 0 Å². The Morgan fingerprint density at radius 1 is 0.857 bits per heavy atom. The smallest absolute Gasteiger partial charge is 0.136 e. The molecule has 1 aromatic carbocycles. The number of hydrogen-bond donors (Lipinski definition) is 0. The first kappa shape index (κ1) is 10.6. The molecule has 0 bridgehead atoms. The van der Waals surface area contributed by atoms with Gasteiger partial charge in [0.25, 0.3) is 0 Å². The van der Waals surface area contributed by atoms with E-state index in [0.29, 0.717) is 11.0 Å². The lowest BCUT2D eigenvalue weighted by atomic mass is 10.3. The van der Waals surface area contributed by atoms with Gasteiger partial charge in [-0.15, -0.1) is 9.30 Å². The van der Waals surface area contributed by atoms with E-state index in [1.165, 1.54) is 0 Å². The van der Waals surface area contributed by atoms with Gasteiger partial charge in [0.05, 0.1) is 20.1 Å². The summed E-state index contributed by atoms with van der Waals surface area (Å²) >= 11 is 29.0. The topological polar surface area (TPSA) is 30.7 Å². The van der Waals surface area contributed by atoms with E-state index >= 15 is 0 Å². The van der Waals surface area contributed by atoms with Crippen LogP contribution in [-0.2, 0) is 0 Å². The van der Waals surface area contributed by atoms with Crippen molar-refractivity contribution < 1.29 is 0 Å². The van der Waals surface area contributed by atoms with Crippen LogP contribution in [0.1, 0.15) is 0 Å². The summed E-state index contributed by atoms with van der Waals surface area (Å²) < 4.78 is 0.964. The molecule has 74 valence electrons. The molecule has 3 nitrogen and oxygen atoms in total. The van der Waals surface area contributed by atoms with E-state index in [2.05, 4.69) is 10.3 Å². The van der Waals surface area contributed by atoms with Crippen LogP contribution in [0.15, 0.2) is 0 Å². The highest BCUT2D eigenvalue weighted by atomic mass is 35.5. The number of fused-ring (bicyclic) bond motifs is 1. The van der Waals surface area contributed by atoms with Crippen molar-refractivity contribution in [2.75, 3.05) is 0 Å². The lowest BCUT2D eigenvalue weighted by molar-refractivity contribution is 0.900. The normalized spacial score (nSPS) is 11.2. The number of rotatable bonds is 0. The summed E-state index contributed by atoms with van der Waals surface area (Å²) in [5, 5.41) is 7.88. The molecule has 0 saturated carbocycles. The Balaban J connectivity index is 3.05. The average Bonchev–Trinajstić information content (AvgIpc) is 2.54. The number of hydrogen-bond acceptors (Lipinski definition) is 2. The average molecular weight is 291 g/mol. The molecule has 0 aliphatic rings. The van der Waals surface area contributed by atoms with Gasteiger partial charge in [-0.05, 0) is 5.21 Å². The van der Waals surface area contributed by atoms with E-state index < -0.39 is 0 Å². The van der Waals surface area contributed by atoms with Crippen LogP contribution in [0.25, 0.3) is 11.0 Å². The molecule has 0 unspecified atom stereocenters. The van der Waals surface area contributed by atoms with Crippen LogP contribution < -0.4 is 0 Å². The Bertz CT molecular complexity index is 520. The van der Waals surface area contributed by atoms with Gasteiger partial charge in [-0.25, -0.2) is 0 Å². The fourth-order valence-electron chi connectivity index (χ4n) is 0.997. The van der Waals surface area contributed by atoms with Crippen LogP contribution in [0.4, 0.5) is 0 Å². The second kappa shape index (κ2) is 3.58. The first-order valence-corrected chi connectivity index (χ1v) is 5.12. The summed E-state index contributed by atoms with van der Waals surface area (Å²) in [7, 11) is 0. The molecule has 1 heterocycles. The third-order valence-electron chi connectivity index (χ3n) is 1.63. The van der Waals surface area contributed by atoms with Crippen molar-refractivity contribution in [2.24, 2.45) is 0 Å². The minimum Gasteiger partial charge on any atom is -0.150 e. The minimum atomic E-state index is 0.134. The molecule has 0 saturated heterocycles. The quantitative estimate of drug-likeness (QED) is 0.541. The zero-order valence-electron chi connectivity index (χ0n) is 6.23. The molecular formula is C6Cl5N3. The Kier molecular flexibility index (Phi) is 2.70. The summed E-state index contributed by atoms with van der Waals surface area (Å²) in [4.78, 5) is 0. The van der Waals surface area contributed by atoms with Crippen molar-refractivity contribution in [3.05, 3.63) is 20.1 Å². The summed E-state index contributed by atoms with van der Waals surface area (Å²) in [6.07, 6.45) is 0.